The molecule has 0 radical (unpaired) electrons. The lowest BCUT2D eigenvalue weighted by molar-refractivity contribution is 0.313. The number of benzene rings is 1. The Morgan fingerprint density at radius 2 is 1.86 bits per heavy atom. The van der Waals surface area contributed by atoms with Crippen molar-refractivity contribution in [3.8, 4) is 6.07 Å². The molecule has 0 N–H and O–H groups in total. The van der Waals surface area contributed by atoms with Crippen LogP contribution in [0.4, 0.5) is 5.69 Å². The van der Waals surface area contributed by atoms with E-state index in [1.165, 1.54) is 6.08 Å². The number of anilines is 1. The summed E-state index contributed by atoms with van der Waals surface area (Å²) in [7, 11) is -1.41. The third-order valence-corrected chi connectivity index (χ3v) is 4.59. The molecule has 0 unspecified atom stereocenters. The average Bonchev–Trinajstić information content (AvgIpc) is 2.45. The number of allylic oxidation sites excluding steroid dienone is 1. The van der Waals surface area contributed by atoms with Crippen molar-refractivity contribution in [2.45, 2.75) is 0 Å². The van der Waals surface area contributed by atoms with Crippen molar-refractivity contribution in [2.24, 2.45) is 0 Å². The van der Waals surface area contributed by atoms with Gasteiger partial charge >= 0.3 is 0 Å². The van der Waals surface area contributed by atoms with Gasteiger partial charge < -0.3 is 9.80 Å². The fourth-order valence-electron chi connectivity index (χ4n) is 2.31. The zero-order valence-electron chi connectivity index (χ0n) is 12.3. The second-order valence-electron chi connectivity index (χ2n) is 5.24. The summed E-state index contributed by atoms with van der Waals surface area (Å²) in [5.41, 5.74) is 1.74. The van der Waals surface area contributed by atoms with Crippen molar-refractivity contribution in [1.82, 2.24) is 4.90 Å². The van der Waals surface area contributed by atoms with Crippen LogP contribution in [0.2, 0.25) is 0 Å². The Morgan fingerprint density at radius 3 is 2.43 bits per heavy atom. The van der Waals surface area contributed by atoms with Gasteiger partial charge in [0.15, 0.2) is 9.84 Å². The first-order valence-corrected chi connectivity index (χ1v) is 8.65. The van der Waals surface area contributed by atoms with E-state index in [1.54, 1.807) is 6.07 Å². The van der Waals surface area contributed by atoms with Crippen molar-refractivity contribution in [3.63, 3.8) is 0 Å². The van der Waals surface area contributed by atoms with Crippen LogP contribution in [-0.4, -0.2) is 52.8 Å². The first-order valence-electron chi connectivity index (χ1n) is 6.76. The van der Waals surface area contributed by atoms with Gasteiger partial charge in [-0.05, 0) is 24.8 Å². The number of sulfone groups is 1. The molecule has 0 aliphatic carbocycles. The van der Waals surface area contributed by atoms with E-state index in [0.717, 1.165) is 43.7 Å². The molecule has 0 aromatic heterocycles. The largest absolute Gasteiger partial charge is 0.368 e. The van der Waals surface area contributed by atoms with Gasteiger partial charge in [0.05, 0.1) is 0 Å². The van der Waals surface area contributed by atoms with Gasteiger partial charge in [0.1, 0.15) is 11.0 Å². The van der Waals surface area contributed by atoms with Gasteiger partial charge in [0.25, 0.3) is 0 Å². The maximum absolute atomic E-state index is 11.6. The lowest BCUT2D eigenvalue weighted by Crippen LogP contribution is -2.44. The van der Waals surface area contributed by atoms with Gasteiger partial charge in [0.2, 0.25) is 0 Å². The highest BCUT2D eigenvalue weighted by Crippen LogP contribution is 2.24. The maximum Gasteiger partial charge on any atom is 0.185 e. The van der Waals surface area contributed by atoms with Crippen LogP contribution < -0.4 is 4.90 Å². The molecule has 21 heavy (non-hydrogen) atoms. The van der Waals surface area contributed by atoms with Crippen LogP contribution in [0.1, 0.15) is 5.56 Å². The minimum absolute atomic E-state index is 0.205. The van der Waals surface area contributed by atoms with E-state index in [2.05, 4.69) is 16.8 Å². The summed E-state index contributed by atoms with van der Waals surface area (Å²) in [6.45, 7) is 3.72. The minimum atomic E-state index is -3.50. The number of hydrogen-bond donors (Lipinski definition) is 0. The zero-order chi connectivity index (χ0) is 15.5. The first kappa shape index (κ1) is 15.5. The predicted octanol–water partition coefficient (Wildman–Crippen LogP) is 1.35. The molecule has 0 atom stereocenters. The molecule has 6 heteroatoms. The van der Waals surface area contributed by atoms with E-state index in [0.29, 0.717) is 0 Å². The van der Waals surface area contributed by atoms with E-state index < -0.39 is 9.84 Å². The monoisotopic (exact) mass is 305 g/mol. The molecule has 5 nitrogen and oxygen atoms in total. The number of para-hydroxylation sites is 1. The summed E-state index contributed by atoms with van der Waals surface area (Å²) < 4.78 is 23.2. The van der Waals surface area contributed by atoms with Crippen molar-refractivity contribution in [1.29, 1.82) is 5.26 Å². The van der Waals surface area contributed by atoms with Crippen LogP contribution in [0.25, 0.3) is 6.08 Å². The molecule has 1 aromatic rings. The average molecular weight is 305 g/mol. The smallest absolute Gasteiger partial charge is 0.185 e. The van der Waals surface area contributed by atoms with E-state index in [-0.39, 0.29) is 4.91 Å². The lowest BCUT2D eigenvalue weighted by Gasteiger charge is -2.34. The highest BCUT2D eigenvalue weighted by molar-refractivity contribution is 7.95. The molecule has 1 aromatic carbocycles. The fourth-order valence-corrected chi connectivity index (χ4v) is 2.82. The number of nitriles is 1. The van der Waals surface area contributed by atoms with Crippen LogP contribution in [0.15, 0.2) is 29.2 Å². The molecule has 0 spiro atoms. The Hall–Kier alpha value is -1.84. The van der Waals surface area contributed by atoms with Crippen LogP contribution in [0, 0.1) is 11.3 Å². The molecule has 0 saturated carbocycles. The molecule has 2 rings (SSSR count). The summed E-state index contributed by atoms with van der Waals surface area (Å²) in [6.07, 6.45) is 2.52. The van der Waals surface area contributed by atoms with Crippen LogP contribution in [-0.2, 0) is 9.84 Å². The maximum atomic E-state index is 11.6. The SMILES string of the molecule is CN1CCN(c2ccccc2C=C(C#N)S(C)(=O)=O)CC1. The summed E-state index contributed by atoms with van der Waals surface area (Å²) >= 11 is 0. The van der Waals surface area contributed by atoms with Crippen LogP contribution >= 0.6 is 0 Å². The van der Waals surface area contributed by atoms with Gasteiger partial charge in [-0.1, -0.05) is 18.2 Å². The summed E-state index contributed by atoms with van der Waals surface area (Å²) in [5.74, 6) is 0. The highest BCUT2D eigenvalue weighted by Gasteiger charge is 2.17. The number of piperazine rings is 1. The van der Waals surface area contributed by atoms with E-state index in [9.17, 15) is 8.42 Å². The number of nitrogens with zero attached hydrogens (tertiary/aromatic N) is 3. The predicted molar refractivity (Wildman–Crippen MR) is 84.6 cm³/mol. The second-order valence-corrected chi connectivity index (χ2v) is 7.23. The van der Waals surface area contributed by atoms with Crippen LogP contribution in [0.5, 0.6) is 0 Å². The molecule has 1 aliphatic rings. The standard InChI is InChI=1S/C15H19N3O2S/c1-17-7-9-18(10-8-17)15-6-4-3-5-13(15)11-14(12-16)21(2,19)20/h3-6,11H,7-10H2,1-2H3. The third-order valence-electron chi connectivity index (χ3n) is 3.58. The van der Waals surface area contributed by atoms with Crippen molar-refractivity contribution < 1.29 is 8.42 Å². The summed E-state index contributed by atoms with van der Waals surface area (Å²) in [5, 5.41) is 9.04. The van der Waals surface area contributed by atoms with E-state index >= 15 is 0 Å². The topological polar surface area (TPSA) is 64.4 Å². The summed E-state index contributed by atoms with van der Waals surface area (Å²) in [6, 6.07) is 9.36. The van der Waals surface area contributed by atoms with Gasteiger partial charge in [0, 0.05) is 38.1 Å². The molecule has 1 heterocycles. The molecule has 112 valence electrons. The molecule has 1 saturated heterocycles. The Morgan fingerprint density at radius 1 is 1.24 bits per heavy atom. The Balaban J connectivity index is 2.38. The fraction of sp³-hybridized carbons (Fsp3) is 0.400. The summed E-state index contributed by atoms with van der Waals surface area (Å²) in [4.78, 5) is 4.28. The normalized spacial score (nSPS) is 17.6. The first-order chi connectivity index (χ1) is 9.91. The van der Waals surface area contributed by atoms with E-state index in [1.807, 2.05) is 24.3 Å². The molecule has 0 bridgehead atoms. The minimum Gasteiger partial charge on any atom is -0.368 e. The highest BCUT2D eigenvalue weighted by atomic mass is 32.2. The molecular weight excluding hydrogens is 286 g/mol. The Bertz CT molecular complexity index is 681. The molecule has 1 aliphatic heterocycles. The van der Waals surface area contributed by atoms with Gasteiger partial charge in [-0.15, -0.1) is 0 Å². The molecular formula is C15H19N3O2S. The Kier molecular flexibility index (Phi) is 4.66. The van der Waals surface area contributed by atoms with Crippen molar-refractivity contribution in [3.05, 3.63) is 34.7 Å². The van der Waals surface area contributed by atoms with E-state index in [4.69, 9.17) is 5.26 Å². The zero-order valence-corrected chi connectivity index (χ0v) is 13.1. The molecule has 0 amide bonds. The number of hydrogen-bond acceptors (Lipinski definition) is 5. The molecule has 1 fully saturated rings. The van der Waals surface area contributed by atoms with Gasteiger partial charge in [-0.2, -0.15) is 5.26 Å². The van der Waals surface area contributed by atoms with Gasteiger partial charge in [-0.3, -0.25) is 0 Å². The van der Waals surface area contributed by atoms with Crippen molar-refractivity contribution >= 4 is 21.6 Å². The Labute approximate surface area is 126 Å². The third kappa shape index (κ3) is 3.84. The van der Waals surface area contributed by atoms with Crippen LogP contribution in [0.3, 0.4) is 0 Å². The second kappa shape index (κ2) is 6.29. The number of likely N-dealkylation sites (N-methyl/N-ethyl adjacent to an activating group) is 1. The van der Waals surface area contributed by atoms with Crippen molar-refractivity contribution in [2.75, 3.05) is 44.4 Å². The number of rotatable bonds is 3. The lowest BCUT2D eigenvalue weighted by atomic mass is 10.1. The van der Waals surface area contributed by atoms with Gasteiger partial charge in [-0.25, -0.2) is 8.42 Å². The quantitative estimate of drug-likeness (QED) is 0.789.